The maximum Gasteiger partial charge on any atom is 0.226 e. The first-order valence-electron chi connectivity index (χ1n) is 8.05. The predicted octanol–water partition coefficient (Wildman–Crippen LogP) is 2.94. The molecule has 0 amide bonds. The second kappa shape index (κ2) is 6.60. The lowest BCUT2D eigenvalue weighted by Crippen LogP contribution is -2.26. The highest BCUT2D eigenvalue weighted by atomic mass is 16.5. The fourth-order valence-electron chi connectivity index (χ4n) is 3.03. The number of hydrogen-bond acceptors (Lipinski definition) is 5. The summed E-state index contributed by atoms with van der Waals surface area (Å²) >= 11 is 0. The van der Waals surface area contributed by atoms with Crippen molar-refractivity contribution in [1.29, 1.82) is 0 Å². The molecule has 5 heteroatoms. The van der Waals surface area contributed by atoms with E-state index in [2.05, 4.69) is 22.2 Å². The van der Waals surface area contributed by atoms with Gasteiger partial charge in [0.15, 0.2) is 0 Å². The van der Waals surface area contributed by atoms with Crippen LogP contribution < -0.4 is 10.1 Å². The van der Waals surface area contributed by atoms with E-state index in [0.29, 0.717) is 24.5 Å². The standard InChI is InChI=1S/C16H25N3O2/c1-11-3-5-13(6-4-11)18-16-17-12(2)9-15(19-16)21-14-7-8-20-10-14/h9,11,13-14H,3-8,10H2,1-2H3,(H,17,18,19)/t11-,13-,14-/m1/s1. The highest BCUT2D eigenvalue weighted by molar-refractivity contribution is 5.32. The van der Waals surface area contributed by atoms with Crippen molar-refractivity contribution >= 4 is 5.95 Å². The monoisotopic (exact) mass is 291 g/mol. The molecule has 1 aliphatic heterocycles. The van der Waals surface area contributed by atoms with Gasteiger partial charge < -0.3 is 14.8 Å². The van der Waals surface area contributed by atoms with Gasteiger partial charge in [-0.1, -0.05) is 6.92 Å². The molecule has 2 heterocycles. The second-order valence-corrected chi connectivity index (χ2v) is 6.38. The van der Waals surface area contributed by atoms with Gasteiger partial charge in [0.25, 0.3) is 0 Å². The Bertz CT molecular complexity index is 467. The Hall–Kier alpha value is -1.36. The van der Waals surface area contributed by atoms with Gasteiger partial charge in [-0.3, -0.25) is 0 Å². The number of aromatic nitrogens is 2. The Labute approximate surface area is 126 Å². The average molecular weight is 291 g/mol. The van der Waals surface area contributed by atoms with Crippen LogP contribution in [0.5, 0.6) is 5.88 Å². The summed E-state index contributed by atoms with van der Waals surface area (Å²) in [6.45, 7) is 5.75. The van der Waals surface area contributed by atoms with E-state index in [1.165, 1.54) is 25.7 Å². The molecule has 1 saturated carbocycles. The van der Waals surface area contributed by atoms with E-state index in [4.69, 9.17) is 9.47 Å². The molecule has 1 saturated heterocycles. The highest BCUT2D eigenvalue weighted by Crippen LogP contribution is 2.26. The lowest BCUT2D eigenvalue weighted by molar-refractivity contribution is 0.138. The number of anilines is 1. The first-order valence-corrected chi connectivity index (χ1v) is 8.05. The van der Waals surface area contributed by atoms with Crippen molar-refractivity contribution in [3.05, 3.63) is 11.8 Å². The molecule has 1 aliphatic carbocycles. The van der Waals surface area contributed by atoms with Crippen LogP contribution in [0.3, 0.4) is 0 Å². The molecule has 116 valence electrons. The van der Waals surface area contributed by atoms with Crippen molar-refractivity contribution < 1.29 is 9.47 Å². The zero-order valence-corrected chi connectivity index (χ0v) is 13.0. The molecule has 1 atom stereocenters. The molecule has 0 spiro atoms. The minimum Gasteiger partial charge on any atom is -0.472 e. The summed E-state index contributed by atoms with van der Waals surface area (Å²) in [6.07, 6.45) is 6.03. The Morgan fingerprint density at radius 1 is 1.19 bits per heavy atom. The molecular formula is C16H25N3O2. The molecule has 1 aromatic rings. The summed E-state index contributed by atoms with van der Waals surface area (Å²) in [5.74, 6) is 2.20. The van der Waals surface area contributed by atoms with E-state index in [0.717, 1.165) is 24.6 Å². The smallest absolute Gasteiger partial charge is 0.226 e. The van der Waals surface area contributed by atoms with Crippen LogP contribution in [0.4, 0.5) is 5.95 Å². The normalized spacial score (nSPS) is 29.3. The van der Waals surface area contributed by atoms with E-state index in [1.807, 2.05) is 13.0 Å². The van der Waals surface area contributed by atoms with Gasteiger partial charge >= 0.3 is 0 Å². The van der Waals surface area contributed by atoms with Gasteiger partial charge in [-0.15, -0.1) is 0 Å². The summed E-state index contributed by atoms with van der Waals surface area (Å²) in [6, 6.07) is 2.39. The van der Waals surface area contributed by atoms with Gasteiger partial charge in [0, 0.05) is 24.2 Å². The molecule has 0 unspecified atom stereocenters. The molecule has 21 heavy (non-hydrogen) atoms. The van der Waals surface area contributed by atoms with Crippen LogP contribution in [-0.4, -0.2) is 35.3 Å². The summed E-state index contributed by atoms with van der Waals surface area (Å²) < 4.78 is 11.2. The fourth-order valence-corrected chi connectivity index (χ4v) is 3.03. The predicted molar refractivity (Wildman–Crippen MR) is 81.7 cm³/mol. The minimum atomic E-state index is 0.127. The van der Waals surface area contributed by atoms with Crippen LogP contribution in [0.25, 0.3) is 0 Å². The quantitative estimate of drug-likeness (QED) is 0.924. The van der Waals surface area contributed by atoms with Crippen LogP contribution in [0, 0.1) is 12.8 Å². The zero-order valence-electron chi connectivity index (χ0n) is 13.0. The first-order chi connectivity index (χ1) is 10.2. The molecule has 2 aliphatic rings. The van der Waals surface area contributed by atoms with Crippen molar-refractivity contribution in [1.82, 2.24) is 9.97 Å². The first kappa shape index (κ1) is 14.6. The third kappa shape index (κ3) is 4.06. The van der Waals surface area contributed by atoms with Gasteiger partial charge in [-0.2, -0.15) is 4.98 Å². The minimum absolute atomic E-state index is 0.127. The topological polar surface area (TPSA) is 56.3 Å². The summed E-state index contributed by atoms with van der Waals surface area (Å²) in [5.41, 5.74) is 0.936. The number of ether oxygens (including phenoxy) is 2. The SMILES string of the molecule is Cc1cc(O[C@@H]2CCOC2)nc(N[C@H]2CC[C@H](C)CC2)n1. The van der Waals surface area contributed by atoms with E-state index < -0.39 is 0 Å². The number of nitrogens with one attached hydrogen (secondary N) is 1. The number of rotatable bonds is 4. The third-order valence-corrected chi connectivity index (χ3v) is 4.36. The van der Waals surface area contributed by atoms with Crippen molar-refractivity contribution in [3.8, 4) is 5.88 Å². The van der Waals surface area contributed by atoms with E-state index >= 15 is 0 Å². The Morgan fingerprint density at radius 3 is 2.71 bits per heavy atom. The maximum atomic E-state index is 5.89. The summed E-state index contributed by atoms with van der Waals surface area (Å²) in [4.78, 5) is 9.00. The molecule has 0 radical (unpaired) electrons. The van der Waals surface area contributed by atoms with Gasteiger partial charge in [0.2, 0.25) is 11.8 Å². The van der Waals surface area contributed by atoms with Crippen LogP contribution in [-0.2, 0) is 4.74 Å². The van der Waals surface area contributed by atoms with Crippen molar-refractivity contribution in [2.24, 2.45) is 5.92 Å². The second-order valence-electron chi connectivity index (χ2n) is 6.38. The van der Waals surface area contributed by atoms with Crippen LogP contribution in [0.15, 0.2) is 6.07 Å². The zero-order chi connectivity index (χ0) is 14.7. The Kier molecular flexibility index (Phi) is 4.58. The molecule has 0 aromatic carbocycles. The van der Waals surface area contributed by atoms with Crippen molar-refractivity contribution in [2.75, 3.05) is 18.5 Å². The van der Waals surface area contributed by atoms with Gasteiger partial charge in [0.1, 0.15) is 6.10 Å². The number of hydrogen-bond donors (Lipinski definition) is 1. The fraction of sp³-hybridized carbons (Fsp3) is 0.750. The summed E-state index contributed by atoms with van der Waals surface area (Å²) in [5, 5.41) is 3.47. The molecule has 3 rings (SSSR count). The van der Waals surface area contributed by atoms with Crippen molar-refractivity contribution in [2.45, 2.75) is 58.1 Å². The highest BCUT2D eigenvalue weighted by Gasteiger charge is 2.20. The van der Waals surface area contributed by atoms with E-state index in [-0.39, 0.29) is 6.10 Å². The Balaban J connectivity index is 1.63. The van der Waals surface area contributed by atoms with Crippen LogP contribution in [0.1, 0.15) is 44.7 Å². The van der Waals surface area contributed by atoms with E-state index in [1.54, 1.807) is 0 Å². The summed E-state index contributed by atoms with van der Waals surface area (Å²) in [7, 11) is 0. The largest absolute Gasteiger partial charge is 0.472 e. The lowest BCUT2D eigenvalue weighted by atomic mass is 9.87. The lowest BCUT2D eigenvalue weighted by Gasteiger charge is -2.27. The van der Waals surface area contributed by atoms with Crippen molar-refractivity contribution in [3.63, 3.8) is 0 Å². The van der Waals surface area contributed by atoms with Crippen LogP contribution >= 0.6 is 0 Å². The molecule has 2 fully saturated rings. The van der Waals surface area contributed by atoms with Gasteiger partial charge in [0.05, 0.1) is 13.2 Å². The molecule has 1 N–H and O–H groups in total. The van der Waals surface area contributed by atoms with Gasteiger partial charge in [-0.25, -0.2) is 4.98 Å². The van der Waals surface area contributed by atoms with E-state index in [9.17, 15) is 0 Å². The van der Waals surface area contributed by atoms with Gasteiger partial charge in [-0.05, 0) is 38.5 Å². The molecule has 0 bridgehead atoms. The van der Waals surface area contributed by atoms with Crippen LogP contribution in [0.2, 0.25) is 0 Å². The molecule has 1 aromatic heterocycles. The third-order valence-electron chi connectivity index (χ3n) is 4.36. The maximum absolute atomic E-state index is 5.89. The average Bonchev–Trinajstić information content (AvgIpc) is 2.93. The number of nitrogens with zero attached hydrogens (tertiary/aromatic N) is 2. The molecule has 5 nitrogen and oxygen atoms in total. The number of aryl methyl sites for hydroxylation is 1. The Morgan fingerprint density at radius 2 is 2.00 bits per heavy atom. The molecular weight excluding hydrogens is 266 g/mol.